The van der Waals surface area contributed by atoms with Gasteiger partial charge in [-0.3, -0.25) is 14.4 Å². The second-order valence-electron chi connectivity index (χ2n) is 4.51. The Morgan fingerprint density at radius 1 is 1.11 bits per heavy atom. The van der Waals surface area contributed by atoms with E-state index < -0.39 is 17.9 Å². The molecule has 0 aromatic carbocycles. The molecule has 0 aromatic heterocycles. The second-order valence-corrected chi connectivity index (χ2v) is 4.51. The molecule has 1 atom stereocenters. The molecule has 0 aliphatic carbocycles. The van der Waals surface area contributed by atoms with Crippen LogP contribution in [-0.2, 0) is 14.4 Å². The van der Waals surface area contributed by atoms with Crippen LogP contribution in [0.15, 0.2) is 0 Å². The van der Waals surface area contributed by atoms with Crippen molar-refractivity contribution in [2.24, 2.45) is 0 Å². The molecule has 7 nitrogen and oxygen atoms in total. The van der Waals surface area contributed by atoms with Crippen molar-refractivity contribution in [1.29, 1.82) is 0 Å². The molecule has 0 bridgehead atoms. The maximum atomic E-state index is 12.1. The van der Waals surface area contributed by atoms with E-state index in [4.69, 9.17) is 0 Å². The van der Waals surface area contributed by atoms with Crippen molar-refractivity contribution < 1.29 is 14.4 Å². The number of rotatable bonds is 0. The maximum Gasteiger partial charge on any atom is 0.312 e. The molecular formula is C11H18N4O3. The van der Waals surface area contributed by atoms with Gasteiger partial charge in [-0.15, -0.1) is 0 Å². The summed E-state index contributed by atoms with van der Waals surface area (Å²) in [5, 5.41) is 5.79. The van der Waals surface area contributed by atoms with Crippen LogP contribution in [0.1, 0.15) is 6.92 Å². The fourth-order valence-electron chi connectivity index (χ4n) is 2.19. The first-order valence-electron chi connectivity index (χ1n) is 6.19. The summed E-state index contributed by atoms with van der Waals surface area (Å²) in [6.07, 6.45) is 0. The van der Waals surface area contributed by atoms with E-state index in [0.29, 0.717) is 39.3 Å². The summed E-state index contributed by atoms with van der Waals surface area (Å²) in [6.45, 7) is 4.92. The Labute approximate surface area is 105 Å². The summed E-state index contributed by atoms with van der Waals surface area (Å²) in [5.74, 6) is -1.28. The van der Waals surface area contributed by atoms with Crippen LogP contribution in [0, 0.1) is 0 Å². The SMILES string of the molecule is CC1C(=O)NCCN1C(=O)C(=O)N1CCNCC1. The molecule has 2 fully saturated rings. The van der Waals surface area contributed by atoms with Gasteiger partial charge in [-0.05, 0) is 6.92 Å². The third-order valence-corrected chi connectivity index (χ3v) is 3.35. The molecule has 18 heavy (non-hydrogen) atoms. The van der Waals surface area contributed by atoms with Gasteiger partial charge in [-0.2, -0.15) is 0 Å². The highest BCUT2D eigenvalue weighted by Gasteiger charge is 2.35. The minimum absolute atomic E-state index is 0.206. The zero-order valence-electron chi connectivity index (χ0n) is 10.4. The molecule has 2 saturated heterocycles. The van der Waals surface area contributed by atoms with Crippen molar-refractivity contribution in [1.82, 2.24) is 20.4 Å². The summed E-state index contributed by atoms with van der Waals surface area (Å²) in [5.41, 5.74) is 0. The number of nitrogens with one attached hydrogen (secondary N) is 2. The molecule has 0 aromatic rings. The van der Waals surface area contributed by atoms with Crippen LogP contribution in [-0.4, -0.2) is 72.8 Å². The summed E-state index contributed by atoms with van der Waals surface area (Å²) in [4.78, 5) is 38.5. The van der Waals surface area contributed by atoms with Crippen molar-refractivity contribution in [3.8, 4) is 0 Å². The van der Waals surface area contributed by atoms with Crippen molar-refractivity contribution in [2.45, 2.75) is 13.0 Å². The Balaban J connectivity index is 2.01. The monoisotopic (exact) mass is 254 g/mol. The maximum absolute atomic E-state index is 12.1. The summed E-state index contributed by atoms with van der Waals surface area (Å²) in [7, 11) is 0. The summed E-state index contributed by atoms with van der Waals surface area (Å²) >= 11 is 0. The average Bonchev–Trinajstić information content (AvgIpc) is 2.41. The van der Waals surface area contributed by atoms with Crippen LogP contribution in [0.2, 0.25) is 0 Å². The van der Waals surface area contributed by atoms with Gasteiger partial charge in [-0.1, -0.05) is 0 Å². The molecule has 0 spiro atoms. The van der Waals surface area contributed by atoms with E-state index in [2.05, 4.69) is 10.6 Å². The van der Waals surface area contributed by atoms with E-state index >= 15 is 0 Å². The van der Waals surface area contributed by atoms with Gasteiger partial charge >= 0.3 is 11.8 Å². The molecule has 2 aliphatic rings. The molecule has 2 N–H and O–H groups in total. The molecular weight excluding hydrogens is 236 g/mol. The fraction of sp³-hybridized carbons (Fsp3) is 0.727. The molecule has 2 aliphatic heterocycles. The first-order valence-corrected chi connectivity index (χ1v) is 6.19. The number of amides is 3. The Hall–Kier alpha value is -1.63. The first-order chi connectivity index (χ1) is 8.61. The standard InChI is InChI=1S/C11H18N4O3/c1-8-9(16)13-4-7-15(8)11(18)10(17)14-5-2-12-3-6-14/h8,12H,2-7H2,1H3,(H,13,16). The zero-order chi connectivity index (χ0) is 13.1. The first kappa shape index (κ1) is 12.8. The molecule has 2 heterocycles. The van der Waals surface area contributed by atoms with Crippen LogP contribution >= 0.6 is 0 Å². The van der Waals surface area contributed by atoms with Gasteiger partial charge in [0.2, 0.25) is 5.91 Å². The van der Waals surface area contributed by atoms with Crippen molar-refractivity contribution >= 4 is 17.7 Å². The second kappa shape index (κ2) is 5.34. The lowest BCUT2D eigenvalue weighted by molar-refractivity contribution is -0.156. The van der Waals surface area contributed by atoms with E-state index in [9.17, 15) is 14.4 Å². The van der Waals surface area contributed by atoms with Gasteiger partial charge < -0.3 is 20.4 Å². The van der Waals surface area contributed by atoms with Crippen LogP contribution in [0.25, 0.3) is 0 Å². The number of carbonyl (C=O) groups excluding carboxylic acids is 3. The van der Waals surface area contributed by atoms with Gasteiger partial charge in [0, 0.05) is 39.3 Å². The molecule has 3 amide bonds. The minimum atomic E-state index is -0.571. The Kier molecular flexibility index (Phi) is 3.81. The largest absolute Gasteiger partial charge is 0.353 e. The van der Waals surface area contributed by atoms with Crippen molar-refractivity contribution in [3.63, 3.8) is 0 Å². The van der Waals surface area contributed by atoms with Gasteiger partial charge in [0.25, 0.3) is 0 Å². The Morgan fingerprint density at radius 2 is 1.78 bits per heavy atom. The van der Waals surface area contributed by atoms with Crippen LogP contribution < -0.4 is 10.6 Å². The van der Waals surface area contributed by atoms with Gasteiger partial charge in [-0.25, -0.2) is 0 Å². The molecule has 100 valence electrons. The average molecular weight is 254 g/mol. The number of nitrogens with zero attached hydrogens (tertiary/aromatic N) is 2. The molecule has 7 heteroatoms. The number of hydrogen-bond donors (Lipinski definition) is 2. The van der Waals surface area contributed by atoms with Crippen molar-refractivity contribution in [3.05, 3.63) is 0 Å². The van der Waals surface area contributed by atoms with E-state index in [1.807, 2.05) is 0 Å². The Morgan fingerprint density at radius 3 is 2.44 bits per heavy atom. The van der Waals surface area contributed by atoms with Crippen molar-refractivity contribution in [2.75, 3.05) is 39.3 Å². The highest BCUT2D eigenvalue weighted by molar-refractivity contribution is 6.35. The van der Waals surface area contributed by atoms with E-state index in [-0.39, 0.29) is 5.91 Å². The van der Waals surface area contributed by atoms with Gasteiger partial charge in [0.05, 0.1) is 0 Å². The predicted molar refractivity (Wildman–Crippen MR) is 63.6 cm³/mol. The Bertz CT molecular complexity index is 365. The number of hydrogen-bond acceptors (Lipinski definition) is 4. The number of piperazine rings is 2. The molecule has 1 unspecified atom stereocenters. The topological polar surface area (TPSA) is 81.8 Å². The highest BCUT2D eigenvalue weighted by Crippen LogP contribution is 2.06. The predicted octanol–water partition coefficient (Wildman–Crippen LogP) is -2.23. The number of carbonyl (C=O) groups is 3. The van der Waals surface area contributed by atoms with Crippen LogP contribution in [0.4, 0.5) is 0 Å². The van der Waals surface area contributed by atoms with Gasteiger partial charge in [0.15, 0.2) is 0 Å². The highest BCUT2D eigenvalue weighted by atomic mass is 16.2. The normalized spacial score (nSPS) is 24.7. The summed E-state index contributed by atoms with van der Waals surface area (Å²) in [6, 6.07) is -0.571. The molecule has 0 saturated carbocycles. The smallest absolute Gasteiger partial charge is 0.312 e. The minimum Gasteiger partial charge on any atom is -0.353 e. The summed E-state index contributed by atoms with van der Waals surface area (Å²) < 4.78 is 0. The third-order valence-electron chi connectivity index (χ3n) is 3.35. The quantitative estimate of drug-likeness (QED) is 0.479. The van der Waals surface area contributed by atoms with E-state index in [1.165, 1.54) is 9.80 Å². The van der Waals surface area contributed by atoms with Crippen LogP contribution in [0.3, 0.4) is 0 Å². The lowest BCUT2D eigenvalue weighted by Gasteiger charge is -2.34. The third kappa shape index (κ3) is 2.45. The van der Waals surface area contributed by atoms with E-state index in [0.717, 1.165) is 0 Å². The van der Waals surface area contributed by atoms with Crippen LogP contribution in [0.5, 0.6) is 0 Å². The lowest BCUT2D eigenvalue weighted by atomic mass is 10.2. The molecule has 0 radical (unpaired) electrons. The van der Waals surface area contributed by atoms with Gasteiger partial charge in [0.1, 0.15) is 6.04 Å². The fourth-order valence-corrected chi connectivity index (χ4v) is 2.19. The zero-order valence-corrected chi connectivity index (χ0v) is 10.4. The molecule has 2 rings (SSSR count). The lowest BCUT2D eigenvalue weighted by Crippen LogP contribution is -2.60. The van der Waals surface area contributed by atoms with E-state index in [1.54, 1.807) is 6.92 Å².